The Balaban J connectivity index is 2.35. The number of nitrogens with zero attached hydrogens (tertiary/aromatic N) is 2. The Kier molecular flexibility index (Phi) is 4.49. The molecule has 4 nitrogen and oxygen atoms in total. The molecule has 1 aliphatic rings. The highest BCUT2D eigenvalue weighted by atomic mass is 32.1. The van der Waals surface area contributed by atoms with Crippen molar-refractivity contribution in [3.8, 4) is 0 Å². The summed E-state index contributed by atoms with van der Waals surface area (Å²) in [7, 11) is 0. The third-order valence-corrected chi connectivity index (χ3v) is 5.08. The lowest BCUT2D eigenvalue weighted by atomic mass is 9.97. The number of hydrogen-bond acceptors (Lipinski definition) is 4. The number of carbonyl (C=O) groups is 1. The number of nitrogens with two attached hydrogens (primary N) is 1. The fourth-order valence-corrected chi connectivity index (χ4v) is 3.63. The minimum absolute atomic E-state index is 0.0173. The van der Waals surface area contributed by atoms with Crippen LogP contribution in [0.4, 0.5) is 0 Å². The predicted molar refractivity (Wildman–Crippen MR) is 82.8 cm³/mol. The van der Waals surface area contributed by atoms with E-state index in [2.05, 4.69) is 26.2 Å². The Morgan fingerprint density at radius 2 is 2.20 bits per heavy atom. The minimum Gasteiger partial charge on any atom is -0.333 e. The lowest BCUT2D eigenvalue weighted by Crippen LogP contribution is -2.42. The topological polar surface area (TPSA) is 59.2 Å². The molecule has 1 fully saturated rings. The highest BCUT2D eigenvalue weighted by molar-refractivity contribution is 7.09. The molecular weight excluding hydrogens is 270 g/mol. The second-order valence-electron chi connectivity index (χ2n) is 6.51. The van der Waals surface area contributed by atoms with Crippen LogP contribution in [0.15, 0.2) is 5.38 Å². The molecule has 0 aliphatic carbocycles. The molecule has 2 atom stereocenters. The van der Waals surface area contributed by atoms with Crippen molar-refractivity contribution in [2.45, 2.75) is 64.5 Å². The van der Waals surface area contributed by atoms with Crippen LogP contribution in [0.1, 0.15) is 63.7 Å². The van der Waals surface area contributed by atoms with E-state index in [9.17, 15) is 4.79 Å². The van der Waals surface area contributed by atoms with Crippen molar-refractivity contribution in [3.05, 3.63) is 16.1 Å². The largest absolute Gasteiger partial charge is 0.333 e. The van der Waals surface area contributed by atoms with Crippen LogP contribution < -0.4 is 5.73 Å². The van der Waals surface area contributed by atoms with E-state index in [1.807, 2.05) is 11.8 Å². The van der Waals surface area contributed by atoms with E-state index in [1.54, 1.807) is 11.3 Å². The number of thiazole rings is 1. The highest BCUT2D eigenvalue weighted by Crippen LogP contribution is 2.33. The van der Waals surface area contributed by atoms with E-state index in [0.29, 0.717) is 13.0 Å². The summed E-state index contributed by atoms with van der Waals surface area (Å²) in [6.07, 6.45) is 2.37. The first kappa shape index (κ1) is 15.4. The summed E-state index contributed by atoms with van der Waals surface area (Å²) in [6, 6.07) is -0.0846. The molecule has 0 radical (unpaired) electrons. The Morgan fingerprint density at radius 1 is 1.50 bits per heavy atom. The fraction of sp³-hybridized carbons (Fsp3) is 0.733. The summed E-state index contributed by atoms with van der Waals surface area (Å²) in [5.41, 5.74) is 7.33. The number of hydrogen-bond donors (Lipinski definition) is 1. The molecule has 20 heavy (non-hydrogen) atoms. The monoisotopic (exact) mass is 295 g/mol. The Labute approximate surface area is 125 Å². The van der Waals surface area contributed by atoms with Gasteiger partial charge >= 0.3 is 0 Å². The van der Waals surface area contributed by atoms with Gasteiger partial charge < -0.3 is 10.6 Å². The fourth-order valence-electron chi connectivity index (χ4n) is 2.70. The van der Waals surface area contributed by atoms with Crippen LogP contribution in [-0.4, -0.2) is 28.4 Å². The average Bonchev–Trinajstić information content (AvgIpc) is 2.79. The van der Waals surface area contributed by atoms with Gasteiger partial charge in [0.1, 0.15) is 0 Å². The quantitative estimate of drug-likeness (QED) is 0.912. The van der Waals surface area contributed by atoms with Gasteiger partial charge in [-0.3, -0.25) is 4.79 Å². The zero-order valence-corrected chi connectivity index (χ0v) is 13.7. The molecule has 1 aromatic heterocycles. The molecule has 0 spiro atoms. The van der Waals surface area contributed by atoms with Crippen molar-refractivity contribution in [2.75, 3.05) is 6.54 Å². The second kappa shape index (κ2) is 5.82. The third kappa shape index (κ3) is 3.04. The average molecular weight is 295 g/mol. The molecule has 5 heteroatoms. The number of carbonyl (C=O) groups excluding carboxylic acids is 1. The van der Waals surface area contributed by atoms with Crippen LogP contribution >= 0.6 is 11.3 Å². The number of aromatic nitrogens is 1. The van der Waals surface area contributed by atoms with Crippen LogP contribution in [0.3, 0.4) is 0 Å². The molecule has 2 heterocycles. The van der Waals surface area contributed by atoms with Gasteiger partial charge in [0.05, 0.1) is 16.7 Å². The second-order valence-corrected chi connectivity index (χ2v) is 7.37. The predicted octanol–water partition coefficient (Wildman–Crippen LogP) is 2.84. The first-order valence-corrected chi connectivity index (χ1v) is 8.23. The molecule has 0 aromatic carbocycles. The van der Waals surface area contributed by atoms with E-state index in [4.69, 9.17) is 10.7 Å². The molecule has 0 bridgehead atoms. The summed E-state index contributed by atoms with van der Waals surface area (Å²) in [4.78, 5) is 18.9. The first-order valence-electron chi connectivity index (χ1n) is 7.35. The van der Waals surface area contributed by atoms with E-state index in [1.165, 1.54) is 0 Å². The van der Waals surface area contributed by atoms with E-state index >= 15 is 0 Å². The summed E-state index contributed by atoms with van der Waals surface area (Å²) >= 11 is 1.67. The van der Waals surface area contributed by atoms with Gasteiger partial charge in [0.25, 0.3) is 0 Å². The molecule has 112 valence electrons. The number of rotatable bonds is 2. The SMILES string of the molecule is CCN1C(=O)CCCC(N)C1c1csc(C(C)(C)C)n1. The van der Waals surface area contributed by atoms with Crippen molar-refractivity contribution in [1.82, 2.24) is 9.88 Å². The summed E-state index contributed by atoms with van der Waals surface area (Å²) < 4.78 is 0. The van der Waals surface area contributed by atoms with E-state index in [0.717, 1.165) is 23.5 Å². The van der Waals surface area contributed by atoms with Gasteiger partial charge in [-0.05, 0) is 19.8 Å². The van der Waals surface area contributed by atoms with Gasteiger partial charge in [0.15, 0.2) is 0 Å². The van der Waals surface area contributed by atoms with Crippen LogP contribution in [0.2, 0.25) is 0 Å². The Hall–Kier alpha value is -0.940. The third-order valence-electron chi connectivity index (χ3n) is 3.80. The molecular formula is C15H25N3OS. The molecule has 2 N–H and O–H groups in total. The van der Waals surface area contributed by atoms with E-state index in [-0.39, 0.29) is 23.4 Å². The Morgan fingerprint density at radius 3 is 2.75 bits per heavy atom. The highest BCUT2D eigenvalue weighted by Gasteiger charge is 2.34. The van der Waals surface area contributed by atoms with Crippen molar-refractivity contribution in [2.24, 2.45) is 5.73 Å². The van der Waals surface area contributed by atoms with Crippen LogP contribution in [0, 0.1) is 0 Å². The summed E-state index contributed by atoms with van der Waals surface area (Å²) in [5, 5.41) is 3.18. The lowest BCUT2D eigenvalue weighted by molar-refractivity contribution is -0.133. The molecule has 1 amide bonds. The summed E-state index contributed by atoms with van der Waals surface area (Å²) in [6.45, 7) is 9.18. The smallest absolute Gasteiger partial charge is 0.223 e. The van der Waals surface area contributed by atoms with Crippen LogP contribution in [-0.2, 0) is 10.2 Å². The molecule has 1 aromatic rings. The van der Waals surface area contributed by atoms with Crippen LogP contribution in [0.5, 0.6) is 0 Å². The minimum atomic E-state index is -0.0673. The van der Waals surface area contributed by atoms with Gasteiger partial charge in [0, 0.05) is 29.8 Å². The molecule has 0 saturated carbocycles. The van der Waals surface area contributed by atoms with Gasteiger partial charge in [-0.15, -0.1) is 11.3 Å². The molecule has 1 aliphatic heterocycles. The normalized spacial score (nSPS) is 24.9. The standard InChI is InChI=1S/C15H25N3OS/c1-5-18-12(19)8-6-7-10(16)13(18)11-9-20-14(17-11)15(2,3)4/h9-10,13H,5-8,16H2,1-4H3. The number of likely N-dealkylation sites (tertiary alicyclic amines) is 1. The van der Waals surface area contributed by atoms with Crippen LogP contribution in [0.25, 0.3) is 0 Å². The summed E-state index contributed by atoms with van der Waals surface area (Å²) in [5.74, 6) is 0.204. The van der Waals surface area contributed by atoms with Crippen molar-refractivity contribution in [1.29, 1.82) is 0 Å². The maximum atomic E-state index is 12.2. The zero-order valence-electron chi connectivity index (χ0n) is 12.8. The lowest BCUT2D eigenvalue weighted by Gasteiger charge is -2.31. The maximum Gasteiger partial charge on any atom is 0.223 e. The molecule has 2 rings (SSSR count). The Bertz CT molecular complexity index is 478. The number of amides is 1. The molecule has 2 unspecified atom stereocenters. The maximum absolute atomic E-state index is 12.2. The van der Waals surface area contributed by atoms with Crippen molar-refractivity contribution < 1.29 is 4.79 Å². The first-order chi connectivity index (χ1) is 9.34. The van der Waals surface area contributed by atoms with Gasteiger partial charge in [-0.1, -0.05) is 20.8 Å². The van der Waals surface area contributed by atoms with Crippen molar-refractivity contribution >= 4 is 17.2 Å². The molecule has 1 saturated heterocycles. The van der Waals surface area contributed by atoms with E-state index < -0.39 is 0 Å². The van der Waals surface area contributed by atoms with Crippen molar-refractivity contribution in [3.63, 3.8) is 0 Å². The van der Waals surface area contributed by atoms with Gasteiger partial charge in [0.2, 0.25) is 5.91 Å². The zero-order chi connectivity index (χ0) is 14.9. The van der Waals surface area contributed by atoms with Gasteiger partial charge in [-0.2, -0.15) is 0 Å². The number of likely N-dealkylation sites (N-methyl/N-ethyl adjacent to an activating group) is 1. The van der Waals surface area contributed by atoms with Gasteiger partial charge in [-0.25, -0.2) is 4.98 Å².